The largest absolute Gasteiger partial charge is 0.316 e. The minimum Gasteiger partial charge on any atom is -0.316 e. The summed E-state index contributed by atoms with van der Waals surface area (Å²) in [4.78, 5) is 1.43. The summed E-state index contributed by atoms with van der Waals surface area (Å²) in [6.45, 7) is 0. The van der Waals surface area contributed by atoms with Gasteiger partial charge in [-0.25, -0.2) is 0 Å². The monoisotopic (exact) mass is 315 g/mol. The van der Waals surface area contributed by atoms with Gasteiger partial charge in [0.2, 0.25) is 0 Å². The molecular formula is C12H14BrNS2. The molecule has 0 spiro atoms. The molecule has 0 radical (unpaired) electrons. The third-order valence-corrected chi connectivity index (χ3v) is 4.99. The van der Waals surface area contributed by atoms with E-state index >= 15 is 0 Å². The molecular weight excluding hydrogens is 302 g/mol. The Morgan fingerprint density at radius 2 is 2.25 bits per heavy atom. The predicted octanol–water partition coefficient (Wildman–Crippen LogP) is 3.95. The van der Waals surface area contributed by atoms with Crippen molar-refractivity contribution in [3.8, 4) is 0 Å². The van der Waals surface area contributed by atoms with Gasteiger partial charge >= 0.3 is 0 Å². The van der Waals surface area contributed by atoms with Crippen LogP contribution in [0.2, 0.25) is 0 Å². The van der Waals surface area contributed by atoms with Crippen molar-refractivity contribution in [1.29, 1.82) is 0 Å². The number of rotatable bonds is 5. The lowest BCUT2D eigenvalue weighted by Crippen LogP contribution is -2.29. The molecule has 0 aliphatic carbocycles. The van der Waals surface area contributed by atoms with Crippen LogP contribution in [0, 0.1) is 0 Å². The Morgan fingerprint density at radius 3 is 2.81 bits per heavy atom. The minimum absolute atomic E-state index is 0.528. The van der Waals surface area contributed by atoms with E-state index in [2.05, 4.69) is 49.5 Å². The number of halogens is 1. The van der Waals surface area contributed by atoms with Crippen LogP contribution in [0.25, 0.3) is 0 Å². The van der Waals surface area contributed by atoms with Gasteiger partial charge in [0, 0.05) is 20.8 Å². The molecule has 16 heavy (non-hydrogen) atoms. The van der Waals surface area contributed by atoms with Crippen LogP contribution in [0.4, 0.5) is 0 Å². The SMILES string of the molecule is CNC(Cc1ccsc1)Cc1cc(Br)cs1. The second-order valence-electron chi connectivity index (χ2n) is 3.76. The van der Waals surface area contributed by atoms with Crippen LogP contribution in [0.5, 0.6) is 0 Å². The van der Waals surface area contributed by atoms with Crippen molar-refractivity contribution in [3.63, 3.8) is 0 Å². The first-order chi connectivity index (χ1) is 7.78. The van der Waals surface area contributed by atoms with Gasteiger partial charge in [0.1, 0.15) is 0 Å². The van der Waals surface area contributed by atoms with Crippen molar-refractivity contribution in [2.75, 3.05) is 7.05 Å². The normalized spacial score (nSPS) is 12.9. The minimum atomic E-state index is 0.528. The molecule has 2 heterocycles. The number of nitrogens with one attached hydrogen (secondary N) is 1. The van der Waals surface area contributed by atoms with Crippen LogP contribution < -0.4 is 5.32 Å². The van der Waals surface area contributed by atoms with E-state index < -0.39 is 0 Å². The van der Waals surface area contributed by atoms with E-state index in [1.165, 1.54) is 14.9 Å². The first kappa shape index (κ1) is 12.3. The van der Waals surface area contributed by atoms with E-state index in [-0.39, 0.29) is 0 Å². The molecule has 4 heteroatoms. The van der Waals surface area contributed by atoms with Crippen molar-refractivity contribution < 1.29 is 0 Å². The van der Waals surface area contributed by atoms with Gasteiger partial charge in [0.25, 0.3) is 0 Å². The van der Waals surface area contributed by atoms with Crippen molar-refractivity contribution in [2.45, 2.75) is 18.9 Å². The maximum Gasteiger partial charge on any atom is 0.0285 e. The van der Waals surface area contributed by atoms with Gasteiger partial charge in [0.15, 0.2) is 0 Å². The first-order valence-electron chi connectivity index (χ1n) is 5.19. The molecule has 1 atom stereocenters. The van der Waals surface area contributed by atoms with Crippen LogP contribution in [-0.2, 0) is 12.8 Å². The Morgan fingerprint density at radius 1 is 1.38 bits per heavy atom. The number of thiophene rings is 2. The van der Waals surface area contributed by atoms with E-state index in [1.807, 2.05) is 18.4 Å². The van der Waals surface area contributed by atoms with Gasteiger partial charge in [0.05, 0.1) is 0 Å². The van der Waals surface area contributed by atoms with Gasteiger partial charge in [-0.05, 0) is 64.3 Å². The summed E-state index contributed by atoms with van der Waals surface area (Å²) in [7, 11) is 2.04. The summed E-state index contributed by atoms with van der Waals surface area (Å²) in [5.41, 5.74) is 1.43. The zero-order chi connectivity index (χ0) is 11.4. The van der Waals surface area contributed by atoms with Gasteiger partial charge in [-0.3, -0.25) is 0 Å². The summed E-state index contributed by atoms with van der Waals surface area (Å²) >= 11 is 7.09. The van der Waals surface area contributed by atoms with Crippen LogP contribution in [0.3, 0.4) is 0 Å². The third-order valence-electron chi connectivity index (χ3n) is 2.54. The fourth-order valence-electron chi connectivity index (χ4n) is 1.67. The fourth-order valence-corrected chi connectivity index (χ4v) is 3.89. The molecule has 0 saturated carbocycles. The predicted molar refractivity (Wildman–Crippen MR) is 76.6 cm³/mol. The second-order valence-corrected chi connectivity index (χ2v) is 6.45. The number of likely N-dealkylation sites (N-methyl/N-ethyl adjacent to an activating group) is 1. The van der Waals surface area contributed by atoms with Crippen LogP contribution in [0.15, 0.2) is 32.7 Å². The smallest absolute Gasteiger partial charge is 0.0285 e. The molecule has 1 N–H and O–H groups in total. The van der Waals surface area contributed by atoms with Crippen LogP contribution >= 0.6 is 38.6 Å². The van der Waals surface area contributed by atoms with Crippen molar-refractivity contribution in [3.05, 3.63) is 43.2 Å². The van der Waals surface area contributed by atoms with Gasteiger partial charge in [-0.1, -0.05) is 0 Å². The summed E-state index contributed by atoms with van der Waals surface area (Å²) in [5.74, 6) is 0. The Bertz CT molecular complexity index is 422. The van der Waals surface area contributed by atoms with E-state index in [0.29, 0.717) is 6.04 Å². The molecule has 1 nitrogen and oxygen atoms in total. The average molecular weight is 316 g/mol. The topological polar surface area (TPSA) is 12.0 Å². The molecule has 0 bridgehead atoms. The lowest BCUT2D eigenvalue weighted by atomic mass is 10.1. The van der Waals surface area contributed by atoms with Crippen LogP contribution in [0.1, 0.15) is 10.4 Å². The number of hydrogen-bond donors (Lipinski definition) is 1. The first-order valence-corrected chi connectivity index (χ1v) is 7.80. The van der Waals surface area contributed by atoms with Gasteiger partial charge < -0.3 is 5.32 Å². The molecule has 0 fully saturated rings. The van der Waals surface area contributed by atoms with Gasteiger partial charge in [-0.15, -0.1) is 11.3 Å². The summed E-state index contributed by atoms with van der Waals surface area (Å²) < 4.78 is 1.19. The molecule has 2 aromatic heterocycles. The lowest BCUT2D eigenvalue weighted by Gasteiger charge is -2.14. The van der Waals surface area contributed by atoms with Gasteiger partial charge in [-0.2, -0.15) is 11.3 Å². The maximum absolute atomic E-state index is 3.50. The second kappa shape index (κ2) is 5.96. The number of hydrogen-bond acceptors (Lipinski definition) is 3. The standard InChI is InChI=1S/C12H14BrNS2/c1-14-11(4-9-2-3-15-7-9)6-12-5-10(13)8-16-12/h2-3,5,7-8,11,14H,4,6H2,1H3. The third kappa shape index (κ3) is 3.42. The summed E-state index contributed by atoms with van der Waals surface area (Å²) in [6, 6.07) is 4.95. The van der Waals surface area contributed by atoms with E-state index in [1.54, 1.807) is 11.3 Å². The Kier molecular flexibility index (Phi) is 4.58. The fraction of sp³-hybridized carbons (Fsp3) is 0.333. The maximum atomic E-state index is 3.50. The summed E-state index contributed by atoms with van der Waals surface area (Å²) in [6.07, 6.45) is 2.21. The highest BCUT2D eigenvalue weighted by Crippen LogP contribution is 2.22. The quantitative estimate of drug-likeness (QED) is 0.881. The molecule has 0 aliphatic heterocycles. The average Bonchev–Trinajstić information content (AvgIpc) is 2.89. The zero-order valence-electron chi connectivity index (χ0n) is 9.07. The zero-order valence-corrected chi connectivity index (χ0v) is 12.3. The molecule has 0 aliphatic rings. The molecule has 0 aromatic carbocycles. The van der Waals surface area contributed by atoms with Crippen molar-refractivity contribution in [2.24, 2.45) is 0 Å². The van der Waals surface area contributed by atoms with E-state index in [9.17, 15) is 0 Å². The van der Waals surface area contributed by atoms with Crippen molar-refractivity contribution >= 4 is 38.6 Å². The Hall–Kier alpha value is -0.160. The summed E-state index contributed by atoms with van der Waals surface area (Å²) in [5, 5.41) is 9.91. The molecule has 86 valence electrons. The van der Waals surface area contributed by atoms with E-state index in [0.717, 1.165) is 12.8 Å². The lowest BCUT2D eigenvalue weighted by molar-refractivity contribution is 0.561. The molecule has 0 amide bonds. The Labute approximate surface area is 113 Å². The molecule has 2 aromatic rings. The highest BCUT2D eigenvalue weighted by Gasteiger charge is 2.10. The van der Waals surface area contributed by atoms with Crippen molar-refractivity contribution in [1.82, 2.24) is 5.32 Å². The van der Waals surface area contributed by atoms with E-state index in [4.69, 9.17) is 0 Å². The van der Waals surface area contributed by atoms with Crippen LogP contribution in [-0.4, -0.2) is 13.1 Å². The highest BCUT2D eigenvalue weighted by molar-refractivity contribution is 9.10. The Balaban J connectivity index is 1.95. The molecule has 1 unspecified atom stereocenters. The highest BCUT2D eigenvalue weighted by atomic mass is 79.9. The molecule has 2 rings (SSSR count). The molecule has 0 saturated heterocycles.